The summed E-state index contributed by atoms with van der Waals surface area (Å²) in [5.41, 5.74) is 2.04. The number of aromatic nitrogens is 2. The molecular weight excluding hydrogens is 408 g/mol. The van der Waals surface area contributed by atoms with E-state index in [1.807, 2.05) is 18.2 Å². The predicted octanol–water partition coefficient (Wildman–Crippen LogP) is 2.06. The number of carbonyl (C=O) groups is 1. The summed E-state index contributed by atoms with van der Waals surface area (Å²) in [5.74, 6) is 0.826. The first-order chi connectivity index (χ1) is 14.4. The Morgan fingerprint density at radius 1 is 1.13 bits per heavy atom. The van der Waals surface area contributed by atoms with Crippen LogP contribution in [0, 0.1) is 6.92 Å². The number of fused-ring (bicyclic) bond motifs is 2. The van der Waals surface area contributed by atoms with Crippen LogP contribution in [-0.2, 0) is 27.8 Å². The molecular formula is C20H18N4O5S. The number of carbonyl (C=O) groups excluding carboxylic acids is 1. The average molecular weight is 426 g/mol. The summed E-state index contributed by atoms with van der Waals surface area (Å²) < 4.78 is 38.6. The first-order valence-corrected chi connectivity index (χ1v) is 10.8. The SMILES string of the molecule is Cc1nc(CN2C(=O)COc3ccc(S(=O)(=O)N4CCc5ccccc54)cc32)no1. The van der Waals surface area contributed by atoms with Gasteiger partial charge in [0.15, 0.2) is 12.4 Å². The first-order valence-electron chi connectivity index (χ1n) is 9.40. The number of amides is 1. The van der Waals surface area contributed by atoms with Gasteiger partial charge in [0.1, 0.15) is 5.75 Å². The highest BCUT2D eigenvalue weighted by molar-refractivity contribution is 7.92. The standard InChI is InChI=1S/C20H18N4O5S/c1-13-21-19(22-29-13)11-23-17-10-15(6-7-18(17)28-12-20(23)25)30(26,27)24-9-8-14-4-2-3-5-16(14)24/h2-7,10H,8-9,11-12H2,1H3. The Morgan fingerprint density at radius 3 is 2.77 bits per heavy atom. The van der Waals surface area contributed by atoms with Gasteiger partial charge in [-0.15, -0.1) is 0 Å². The van der Waals surface area contributed by atoms with Gasteiger partial charge in [-0.3, -0.25) is 14.0 Å². The minimum absolute atomic E-state index is 0.0581. The van der Waals surface area contributed by atoms with Crippen LogP contribution >= 0.6 is 0 Å². The molecule has 5 rings (SSSR count). The lowest BCUT2D eigenvalue weighted by Crippen LogP contribution is -2.39. The molecule has 10 heteroatoms. The van der Waals surface area contributed by atoms with E-state index in [1.54, 1.807) is 19.1 Å². The Labute approximate surface area is 172 Å². The van der Waals surface area contributed by atoms with Gasteiger partial charge < -0.3 is 9.26 Å². The number of nitrogens with zero attached hydrogens (tertiary/aromatic N) is 4. The number of anilines is 2. The number of hydrogen-bond donors (Lipinski definition) is 0. The van der Waals surface area contributed by atoms with Crippen molar-refractivity contribution in [3.63, 3.8) is 0 Å². The summed E-state index contributed by atoms with van der Waals surface area (Å²) in [6, 6.07) is 12.0. The molecule has 3 aromatic rings. The van der Waals surface area contributed by atoms with Crippen molar-refractivity contribution < 1.29 is 22.5 Å². The Hall–Kier alpha value is -3.40. The van der Waals surface area contributed by atoms with E-state index >= 15 is 0 Å². The number of para-hydroxylation sites is 1. The molecule has 0 radical (unpaired) electrons. The van der Waals surface area contributed by atoms with Gasteiger partial charge in [-0.25, -0.2) is 8.42 Å². The van der Waals surface area contributed by atoms with Crippen LogP contribution in [0.1, 0.15) is 17.3 Å². The molecule has 1 amide bonds. The monoisotopic (exact) mass is 426 g/mol. The number of sulfonamides is 1. The molecule has 0 saturated heterocycles. The van der Waals surface area contributed by atoms with E-state index in [4.69, 9.17) is 9.26 Å². The van der Waals surface area contributed by atoms with Gasteiger partial charge >= 0.3 is 0 Å². The third kappa shape index (κ3) is 3.00. The molecule has 1 aromatic heterocycles. The van der Waals surface area contributed by atoms with Crippen molar-refractivity contribution in [1.82, 2.24) is 10.1 Å². The molecule has 3 heterocycles. The summed E-state index contributed by atoms with van der Waals surface area (Å²) in [6.45, 7) is 1.95. The van der Waals surface area contributed by atoms with Gasteiger partial charge in [-0.1, -0.05) is 23.4 Å². The van der Waals surface area contributed by atoms with Gasteiger partial charge in [0.25, 0.3) is 15.9 Å². The maximum atomic E-state index is 13.4. The molecule has 0 atom stereocenters. The molecule has 2 aromatic carbocycles. The van der Waals surface area contributed by atoms with Crippen molar-refractivity contribution in [1.29, 1.82) is 0 Å². The van der Waals surface area contributed by atoms with E-state index in [-0.39, 0.29) is 24.0 Å². The van der Waals surface area contributed by atoms with Crippen LogP contribution in [-0.4, -0.2) is 37.6 Å². The lowest BCUT2D eigenvalue weighted by atomic mass is 10.2. The predicted molar refractivity (Wildman–Crippen MR) is 107 cm³/mol. The Morgan fingerprint density at radius 2 is 1.97 bits per heavy atom. The largest absolute Gasteiger partial charge is 0.482 e. The van der Waals surface area contributed by atoms with E-state index < -0.39 is 10.0 Å². The molecule has 9 nitrogen and oxygen atoms in total. The summed E-state index contributed by atoms with van der Waals surface area (Å²) in [6.07, 6.45) is 0.658. The molecule has 0 N–H and O–H groups in total. The number of ether oxygens (including phenoxy) is 1. The van der Waals surface area contributed by atoms with Crippen molar-refractivity contribution in [2.75, 3.05) is 22.4 Å². The fourth-order valence-corrected chi connectivity index (χ4v) is 5.27. The Bertz CT molecular complexity index is 1250. The maximum Gasteiger partial charge on any atom is 0.265 e. The van der Waals surface area contributed by atoms with E-state index in [1.165, 1.54) is 21.3 Å². The highest BCUT2D eigenvalue weighted by Gasteiger charge is 2.33. The molecule has 0 aliphatic carbocycles. The Balaban J connectivity index is 1.53. The van der Waals surface area contributed by atoms with E-state index in [0.717, 1.165) is 5.56 Å². The topological polar surface area (TPSA) is 106 Å². The molecule has 30 heavy (non-hydrogen) atoms. The molecule has 154 valence electrons. The van der Waals surface area contributed by atoms with Crippen molar-refractivity contribution in [3.8, 4) is 5.75 Å². The number of benzene rings is 2. The normalized spacial score (nSPS) is 15.7. The molecule has 2 aliphatic heterocycles. The van der Waals surface area contributed by atoms with Gasteiger partial charge in [-0.2, -0.15) is 4.98 Å². The minimum Gasteiger partial charge on any atom is -0.482 e. The van der Waals surface area contributed by atoms with Gasteiger partial charge in [-0.05, 0) is 36.2 Å². The quantitative estimate of drug-likeness (QED) is 0.629. The Kier molecular flexibility index (Phi) is 4.24. The zero-order valence-electron chi connectivity index (χ0n) is 16.1. The number of rotatable bonds is 4. The van der Waals surface area contributed by atoms with E-state index in [9.17, 15) is 13.2 Å². The lowest BCUT2D eigenvalue weighted by molar-refractivity contribution is -0.121. The molecule has 0 saturated carbocycles. The summed E-state index contributed by atoms with van der Waals surface area (Å²) in [4.78, 5) is 18.1. The maximum absolute atomic E-state index is 13.4. The van der Waals surface area contributed by atoms with Crippen molar-refractivity contribution in [3.05, 3.63) is 59.7 Å². The van der Waals surface area contributed by atoms with E-state index in [0.29, 0.717) is 41.8 Å². The third-order valence-corrected chi connectivity index (χ3v) is 6.98. The molecule has 0 fully saturated rings. The van der Waals surface area contributed by atoms with Crippen LogP contribution in [0.4, 0.5) is 11.4 Å². The zero-order valence-corrected chi connectivity index (χ0v) is 16.9. The minimum atomic E-state index is -3.81. The second-order valence-corrected chi connectivity index (χ2v) is 8.95. The summed E-state index contributed by atoms with van der Waals surface area (Å²) in [7, 11) is -3.81. The van der Waals surface area contributed by atoms with Gasteiger partial charge in [0, 0.05) is 13.5 Å². The van der Waals surface area contributed by atoms with Crippen LogP contribution in [0.5, 0.6) is 5.75 Å². The summed E-state index contributed by atoms with van der Waals surface area (Å²) >= 11 is 0. The highest BCUT2D eigenvalue weighted by Crippen LogP contribution is 2.38. The first kappa shape index (κ1) is 18.6. The van der Waals surface area contributed by atoms with Crippen LogP contribution in [0.2, 0.25) is 0 Å². The molecule has 0 spiro atoms. The lowest BCUT2D eigenvalue weighted by Gasteiger charge is -2.29. The zero-order chi connectivity index (χ0) is 20.9. The van der Waals surface area contributed by atoms with Gasteiger partial charge in [0.05, 0.1) is 22.8 Å². The number of aryl methyl sites for hydroxylation is 1. The van der Waals surface area contributed by atoms with Crippen molar-refractivity contribution in [2.45, 2.75) is 24.8 Å². The van der Waals surface area contributed by atoms with E-state index in [2.05, 4.69) is 10.1 Å². The van der Waals surface area contributed by atoms with Crippen LogP contribution in [0.15, 0.2) is 51.9 Å². The fourth-order valence-electron chi connectivity index (χ4n) is 3.75. The number of hydrogen-bond acceptors (Lipinski definition) is 7. The third-order valence-electron chi connectivity index (χ3n) is 5.18. The fraction of sp³-hybridized carbons (Fsp3) is 0.250. The molecule has 0 bridgehead atoms. The highest BCUT2D eigenvalue weighted by atomic mass is 32.2. The van der Waals surface area contributed by atoms with Crippen LogP contribution in [0.3, 0.4) is 0 Å². The average Bonchev–Trinajstić information content (AvgIpc) is 3.36. The van der Waals surface area contributed by atoms with Crippen LogP contribution < -0.4 is 13.9 Å². The second kappa shape index (κ2) is 6.84. The molecule has 2 aliphatic rings. The smallest absolute Gasteiger partial charge is 0.265 e. The second-order valence-electron chi connectivity index (χ2n) is 7.08. The van der Waals surface area contributed by atoms with Crippen molar-refractivity contribution >= 4 is 27.3 Å². The molecule has 0 unspecified atom stereocenters. The summed E-state index contributed by atoms with van der Waals surface area (Å²) in [5, 5.41) is 3.83. The van der Waals surface area contributed by atoms with Crippen molar-refractivity contribution in [2.24, 2.45) is 0 Å². The van der Waals surface area contributed by atoms with Gasteiger partial charge in [0.2, 0.25) is 5.89 Å². The van der Waals surface area contributed by atoms with Crippen LogP contribution in [0.25, 0.3) is 0 Å².